The Hall–Kier alpha value is -4.40. The predicted molar refractivity (Wildman–Crippen MR) is 129 cm³/mol. The molecule has 0 unspecified atom stereocenters. The van der Waals surface area contributed by atoms with Crippen LogP contribution in [0.4, 0.5) is 13.2 Å². The van der Waals surface area contributed by atoms with Crippen molar-refractivity contribution >= 4 is 0 Å². The largest absolute Gasteiger partial charge is 0.479 e. The summed E-state index contributed by atoms with van der Waals surface area (Å²) in [5.41, 5.74) is 3.13. The molecule has 6 nitrogen and oxygen atoms in total. The van der Waals surface area contributed by atoms with Crippen LogP contribution in [0.2, 0.25) is 0 Å². The SMILES string of the molecule is CCc1ccccc1F.COc1nc(-c2cc(-c3ccoc3)n(Cc3ccccc3F)n2)ncc1F. The second kappa shape index (κ2) is 11.4. The Balaban J connectivity index is 0.000000286. The minimum absolute atomic E-state index is 0.0972. The summed E-state index contributed by atoms with van der Waals surface area (Å²) >= 11 is 0. The first-order valence-corrected chi connectivity index (χ1v) is 11.1. The number of methoxy groups -OCH3 is 1. The lowest BCUT2D eigenvalue weighted by Crippen LogP contribution is -2.05. The first-order valence-electron chi connectivity index (χ1n) is 11.1. The van der Waals surface area contributed by atoms with E-state index < -0.39 is 5.82 Å². The van der Waals surface area contributed by atoms with Crippen LogP contribution in [-0.4, -0.2) is 26.9 Å². The van der Waals surface area contributed by atoms with Crippen molar-refractivity contribution in [2.75, 3.05) is 7.11 Å². The molecule has 0 amide bonds. The molecule has 0 aliphatic carbocycles. The van der Waals surface area contributed by atoms with Crippen LogP contribution in [0.15, 0.2) is 83.8 Å². The molecule has 0 aliphatic rings. The molecule has 36 heavy (non-hydrogen) atoms. The number of aromatic nitrogens is 4. The van der Waals surface area contributed by atoms with E-state index in [9.17, 15) is 13.2 Å². The van der Waals surface area contributed by atoms with Crippen LogP contribution in [0.3, 0.4) is 0 Å². The van der Waals surface area contributed by atoms with Crippen LogP contribution >= 0.6 is 0 Å². The molecule has 0 fully saturated rings. The zero-order valence-corrected chi connectivity index (χ0v) is 19.7. The Labute approximate surface area is 206 Å². The monoisotopic (exact) mass is 492 g/mol. The van der Waals surface area contributed by atoms with E-state index in [4.69, 9.17) is 9.15 Å². The molecule has 0 spiro atoms. The van der Waals surface area contributed by atoms with E-state index in [-0.39, 0.29) is 29.9 Å². The molecule has 3 heterocycles. The van der Waals surface area contributed by atoms with Crippen LogP contribution in [0.5, 0.6) is 5.88 Å². The normalized spacial score (nSPS) is 10.6. The number of nitrogens with zero attached hydrogens (tertiary/aromatic N) is 4. The molecule has 0 N–H and O–H groups in total. The number of aryl methyl sites for hydroxylation is 1. The third-order valence-corrected chi connectivity index (χ3v) is 5.35. The lowest BCUT2D eigenvalue weighted by atomic mass is 10.2. The highest BCUT2D eigenvalue weighted by atomic mass is 19.1. The van der Waals surface area contributed by atoms with E-state index in [1.165, 1.54) is 25.5 Å². The van der Waals surface area contributed by atoms with Gasteiger partial charge in [0.25, 0.3) is 5.88 Å². The highest BCUT2D eigenvalue weighted by Gasteiger charge is 2.17. The molecule has 0 bridgehead atoms. The predicted octanol–water partition coefficient (Wildman–Crippen LogP) is 6.32. The van der Waals surface area contributed by atoms with Crippen molar-refractivity contribution in [2.24, 2.45) is 0 Å². The fraction of sp³-hybridized carbons (Fsp3) is 0.148. The lowest BCUT2D eigenvalue weighted by molar-refractivity contribution is 0.367. The standard InChI is InChI=1S/C19H14F2N4O2.C8H9F/c1-26-19-15(21)9-22-18(23-19)16-8-17(13-6-7-27-11-13)25(24-16)10-12-4-2-3-5-14(12)20;1-2-7-5-3-4-6-8(7)9/h2-9,11H,10H2,1H3;3-6H,2H2,1H3. The van der Waals surface area contributed by atoms with E-state index in [0.29, 0.717) is 17.0 Å². The van der Waals surface area contributed by atoms with Crippen molar-refractivity contribution < 1.29 is 22.3 Å². The molecule has 0 aliphatic heterocycles. The maximum absolute atomic E-state index is 14.1. The second-order valence-electron chi connectivity index (χ2n) is 7.67. The summed E-state index contributed by atoms with van der Waals surface area (Å²) in [5, 5.41) is 4.48. The molecule has 3 aromatic heterocycles. The summed E-state index contributed by atoms with van der Waals surface area (Å²) in [6.07, 6.45) is 4.89. The number of hydrogen-bond donors (Lipinski definition) is 0. The average Bonchev–Trinajstić information content (AvgIpc) is 3.57. The van der Waals surface area contributed by atoms with Gasteiger partial charge in [-0.2, -0.15) is 14.5 Å². The Morgan fingerprint density at radius 1 is 0.917 bits per heavy atom. The summed E-state index contributed by atoms with van der Waals surface area (Å²) < 4.78 is 51.9. The molecule has 0 atom stereocenters. The molecule has 5 aromatic rings. The van der Waals surface area contributed by atoms with Crippen molar-refractivity contribution in [1.29, 1.82) is 0 Å². The minimum Gasteiger partial charge on any atom is -0.479 e. The van der Waals surface area contributed by atoms with Crippen LogP contribution in [0.1, 0.15) is 18.1 Å². The molecule has 0 radical (unpaired) electrons. The number of furan rings is 1. The van der Waals surface area contributed by atoms with Gasteiger partial charge in [-0.05, 0) is 36.2 Å². The van der Waals surface area contributed by atoms with E-state index >= 15 is 0 Å². The minimum atomic E-state index is -0.665. The van der Waals surface area contributed by atoms with Crippen molar-refractivity contribution in [2.45, 2.75) is 19.9 Å². The number of halogens is 3. The van der Waals surface area contributed by atoms with Crippen LogP contribution in [-0.2, 0) is 13.0 Å². The fourth-order valence-corrected chi connectivity index (χ4v) is 3.48. The molecular weight excluding hydrogens is 469 g/mol. The van der Waals surface area contributed by atoms with Crippen LogP contribution in [0, 0.1) is 17.5 Å². The molecular formula is C27H23F3N4O2. The van der Waals surface area contributed by atoms with Gasteiger partial charge in [0.15, 0.2) is 5.82 Å². The first-order chi connectivity index (χ1) is 17.5. The Morgan fingerprint density at radius 2 is 1.61 bits per heavy atom. The van der Waals surface area contributed by atoms with Gasteiger partial charge in [0, 0.05) is 11.1 Å². The van der Waals surface area contributed by atoms with Gasteiger partial charge in [-0.1, -0.05) is 43.3 Å². The van der Waals surface area contributed by atoms with E-state index in [1.54, 1.807) is 53.4 Å². The van der Waals surface area contributed by atoms with Gasteiger partial charge in [0.1, 0.15) is 17.3 Å². The van der Waals surface area contributed by atoms with Crippen molar-refractivity contribution in [1.82, 2.24) is 19.7 Å². The summed E-state index contributed by atoms with van der Waals surface area (Å²) in [5.74, 6) is -1.06. The maximum atomic E-state index is 14.1. The summed E-state index contributed by atoms with van der Waals surface area (Å²) in [6, 6.07) is 16.8. The van der Waals surface area contributed by atoms with Crippen LogP contribution in [0.25, 0.3) is 22.8 Å². The number of rotatable bonds is 6. The first kappa shape index (κ1) is 24.7. The molecule has 0 saturated carbocycles. The molecule has 0 saturated heterocycles. The summed E-state index contributed by atoms with van der Waals surface area (Å²) in [7, 11) is 1.32. The van der Waals surface area contributed by atoms with Gasteiger partial charge in [0.05, 0.1) is 38.1 Å². The zero-order chi connectivity index (χ0) is 25.5. The van der Waals surface area contributed by atoms with E-state index in [2.05, 4.69) is 15.1 Å². The van der Waals surface area contributed by atoms with Crippen molar-refractivity contribution in [3.05, 3.63) is 108 Å². The third kappa shape index (κ3) is 5.63. The van der Waals surface area contributed by atoms with Crippen LogP contribution < -0.4 is 4.74 Å². The maximum Gasteiger partial charge on any atom is 0.253 e. The Bertz CT molecular complexity index is 1440. The highest BCUT2D eigenvalue weighted by molar-refractivity contribution is 5.65. The topological polar surface area (TPSA) is 66.0 Å². The van der Waals surface area contributed by atoms with Gasteiger partial charge in [-0.3, -0.25) is 4.68 Å². The summed E-state index contributed by atoms with van der Waals surface area (Å²) in [6.45, 7) is 2.14. The molecule has 2 aromatic carbocycles. The van der Waals surface area contributed by atoms with Gasteiger partial charge < -0.3 is 9.15 Å². The fourth-order valence-electron chi connectivity index (χ4n) is 3.48. The van der Waals surface area contributed by atoms with Gasteiger partial charge in [0.2, 0.25) is 5.82 Å². The van der Waals surface area contributed by atoms with Crippen molar-refractivity contribution in [3.8, 4) is 28.7 Å². The van der Waals surface area contributed by atoms with Crippen molar-refractivity contribution in [3.63, 3.8) is 0 Å². The number of hydrogen-bond acceptors (Lipinski definition) is 5. The number of benzene rings is 2. The van der Waals surface area contributed by atoms with Gasteiger partial charge in [-0.25, -0.2) is 13.8 Å². The van der Waals surface area contributed by atoms with Gasteiger partial charge in [-0.15, -0.1) is 0 Å². The molecule has 9 heteroatoms. The second-order valence-corrected chi connectivity index (χ2v) is 7.67. The highest BCUT2D eigenvalue weighted by Crippen LogP contribution is 2.27. The van der Waals surface area contributed by atoms with Gasteiger partial charge >= 0.3 is 0 Å². The molecule has 5 rings (SSSR count). The Morgan fingerprint density at radius 3 is 2.19 bits per heavy atom. The average molecular weight is 493 g/mol. The quantitative estimate of drug-likeness (QED) is 0.277. The Kier molecular flexibility index (Phi) is 7.79. The third-order valence-electron chi connectivity index (χ3n) is 5.35. The molecule has 184 valence electrons. The van der Waals surface area contributed by atoms with E-state index in [0.717, 1.165) is 23.7 Å². The smallest absolute Gasteiger partial charge is 0.253 e. The number of ether oxygens (including phenoxy) is 1. The zero-order valence-electron chi connectivity index (χ0n) is 19.7. The lowest BCUT2D eigenvalue weighted by Gasteiger charge is -2.07. The summed E-state index contributed by atoms with van der Waals surface area (Å²) in [4.78, 5) is 8.02. The van der Waals surface area contributed by atoms with E-state index in [1.807, 2.05) is 13.0 Å².